The second-order valence-corrected chi connectivity index (χ2v) is 2.27. The van der Waals surface area contributed by atoms with E-state index in [0.29, 0.717) is 6.29 Å². The summed E-state index contributed by atoms with van der Waals surface area (Å²) in [6.07, 6.45) is 0.487. The van der Waals surface area contributed by atoms with Gasteiger partial charge in [0.25, 0.3) is 0 Å². The Morgan fingerprint density at radius 3 is 2.77 bits per heavy atom. The number of halogens is 1. The highest BCUT2D eigenvalue weighted by atomic mass is 19.1. The molecule has 4 heteroatoms. The van der Waals surface area contributed by atoms with E-state index in [2.05, 4.69) is 4.74 Å². The first-order valence-electron chi connectivity index (χ1n) is 3.46. The highest BCUT2D eigenvalue weighted by molar-refractivity contribution is 5.80. The molecule has 1 aromatic carbocycles. The third-order valence-electron chi connectivity index (χ3n) is 1.58. The van der Waals surface area contributed by atoms with Crippen molar-refractivity contribution in [3.05, 3.63) is 29.1 Å². The van der Waals surface area contributed by atoms with E-state index in [-0.39, 0.29) is 16.9 Å². The van der Waals surface area contributed by atoms with Gasteiger partial charge in [-0.05, 0) is 12.1 Å². The summed E-state index contributed by atoms with van der Waals surface area (Å²) >= 11 is 0. The van der Waals surface area contributed by atoms with Crippen LogP contribution in [0.2, 0.25) is 0 Å². The maximum absolute atomic E-state index is 13.0. The van der Waals surface area contributed by atoms with Crippen LogP contribution in [-0.4, -0.2) is 13.4 Å². The van der Waals surface area contributed by atoms with Crippen molar-refractivity contribution in [1.82, 2.24) is 0 Å². The number of nitrogens with zero attached hydrogens (tertiary/aromatic N) is 1. The summed E-state index contributed by atoms with van der Waals surface area (Å²) in [5, 5.41) is 8.63. The first-order valence-corrected chi connectivity index (χ1v) is 3.46. The molecule has 0 aliphatic carbocycles. The summed E-state index contributed by atoms with van der Waals surface area (Å²) in [5.41, 5.74) is 0.0539. The summed E-state index contributed by atoms with van der Waals surface area (Å²) < 4.78 is 17.6. The molecule has 0 atom stereocenters. The van der Waals surface area contributed by atoms with Gasteiger partial charge in [0.1, 0.15) is 11.6 Å². The second-order valence-electron chi connectivity index (χ2n) is 2.27. The van der Waals surface area contributed by atoms with Crippen LogP contribution in [0.1, 0.15) is 15.9 Å². The van der Waals surface area contributed by atoms with Crippen LogP contribution in [0.15, 0.2) is 12.1 Å². The Balaban J connectivity index is 3.47. The van der Waals surface area contributed by atoms with Crippen LogP contribution in [0, 0.1) is 17.1 Å². The molecule has 0 heterocycles. The van der Waals surface area contributed by atoms with E-state index < -0.39 is 5.82 Å². The van der Waals surface area contributed by atoms with Crippen molar-refractivity contribution in [2.45, 2.75) is 0 Å². The maximum atomic E-state index is 13.0. The SMILES string of the molecule is COc1c(F)ccc(C=O)c1C#N. The molecular weight excluding hydrogens is 173 g/mol. The van der Waals surface area contributed by atoms with Gasteiger partial charge < -0.3 is 4.74 Å². The Labute approximate surface area is 74.4 Å². The van der Waals surface area contributed by atoms with E-state index in [4.69, 9.17) is 5.26 Å². The van der Waals surface area contributed by atoms with Gasteiger partial charge in [0, 0.05) is 5.56 Å². The highest BCUT2D eigenvalue weighted by Gasteiger charge is 2.12. The fraction of sp³-hybridized carbons (Fsp3) is 0.111. The molecule has 0 spiro atoms. The van der Waals surface area contributed by atoms with Crippen molar-refractivity contribution in [2.24, 2.45) is 0 Å². The van der Waals surface area contributed by atoms with E-state index in [1.54, 1.807) is 6.07 Å². The van der Waals surface area contributed by atoms with E-state index in [0.717, 1.165) is 6.07 Å². The van der Waals surface area contributed by atoms with Crippen molar-refractivity contribution >= 4 is 6.29 Å². The smallest absolute Gasteiger partial charge is 0.172 e. The number of methoxy groups -OCH3 is 1. The molecule has 1 rings (SSSR count). The fourth-order valence-electron chi connectivity index (χ4n) is 0.986. The minimum Gasteiger partial charge on any atom is -0.492 e. The predicted octanol–water partition coefficient (Wildman–Crippen LogP) is 1.52. The van der Waals surface area contributed by atoms with Gasteiger partial charge in [-0.15, -0.1) is 0 Å². The summed E-state index contributed by atoms with van der Waals surface area (Å²) in [5.74, 6) is -0.836. The Hall–Kier alpha value is -1.89. The van der Waals surface area contributed by atoms with Gasteiger partial charge in [0.05, 0.1) is 7.11 Å². The fourth-order valence-corrected chi connectivity index (χ4v) is 0.986. The van der Waals surface area contributed by atoms with Gasteiger partial charge in [-0.3, -0.25) is 4.79 Å². The minimum absolute atomic E-state index is 0.0718. The molecule has 0 aromatic heterocycles. The van der Waals surface area contributed by atoms with Crippen LogP contribution < -0.4 is 4.74 Å². The van der Waals surface area contributed by atoms with Gasteiger partial charge in [-0.25, -0.2) is 4.39 Å². The molecule has 0 radical (unpaired) electrons. The van der Waals surface area contributed by atoms with Crippen molar-refractivity contribution in [3.8, 4) is 11.8 Å². The topological polar surface area (TPSA) is 50.1 Å². The standard InChI is InChI=1S/C9H6FNO2/c1-13-9-7(4-11)6(5-12)2-3-8(9)10/h2-3,5H,1H3. The lowest BCUT2D eigenvalue weighted by Gasteiger charge is -2.04. The molecule has 0 N–H and O–H groups in total. The number of carbonyl (C=O) groups excluding carboxylic acids is 1. The Kier molecular flexibility index (Phi) is 2.60. The van der Waals surface area contributed by atoms with Gasteiger partial charge in [-0.1, -0.05) is 0 Å². The predicted molar refractivity (Wildman–Crippen MR) is 43.1 cm³/mol. The molecule has 3 nitrogen and oxygen atoms in total. The monoisotopic (exact) mass is 179 g/mol. The lowest BCUT2D eigenvalue weighted by Crippen LogP contribution is -1.96. The number of aldehydes is 1. The number of ether oxygens (including phenoxy) is 1. The Bertz CT molecular complexity index is 382. The molecule has 0 saturated carbocycles. The van der Waals surface area contributed by atoms with Gasteiger partial charge >= 0.3 is 0 Å². The first kappa shape index (κ1) is 9.20. The number of hydrogen-bond acceptors (Lipinski definition) is 3. The normalized spacial score (nSPS) is 9.00. The van der Waals surface area contributed by atoms with Gasteiger partial charge in [-0.2, -0.15) is 5.26 Å². The van der Waals surface area contributed by atoms with Crippen molar-refractivity contribution < 1.29 is 13.9 Å². The molecule has 0 unspecified atom stereocenters. The largest absolute Gasteiger partial charge is 0.492 e. The lowest BCUT2D eigenvalue weighted by atomic mass is 10.1. The molecule has 0 fully saturated rings. The molecule has 1 aromatic rings. The van der Waals surface area contributed by atoms with Crippen molar-refractivity contribution in [2.75, 3.05) is 7.11 Å². The zero-order valence-corrected chi connectivity index (χ0v) is 6.87. The van der Waals surface area contributed by atoms with Crippen LogP contribution in [0.4, 0.5) is 4.39 Å². The first-order chi connectivity index (χ1) is 6.24. The summed E-state index contributed by atoms with van der Waals surface area (Å²) in [7, 11) is 1.24. The van der Waals surface area contributed by atoms with E-state index in [1.165, 1.54) is 13.2 Å². The molecule has 0 aliphatic heterocycles. The highest BCUT2D eigenvalue weighted by Crippen LogP contribution is 2.23. The number of benzene rings is 1. The Morgan fingerprint density at radius 1 is 1.62 bits per heavy atom. The zero-order chi connectivity index (χ0) is 9.84. The number of rotatable bonds is 2. The molecular formula is C9H6FNO2. The molecule has 0 bridgehead atoms. The summed E-state index contributed by atoms with van der Waals surface area (Å²) in [6.45, 7) is 0. The van der Waals surface area contributed by atoms with Crippen LogP contribution in [0.25, 0.3) is 0 Å². The second kappa shape index (κ2) is 3.68. The van der Waals surface area contributed by atoms with Gasteiger partial charge in [0.2, 0.25) is 0 Å². The average Bonchev–Trinajstić information content (AvgIpc) is 2.17. The zero-order valence-electron chi connectivity index (χ0n) is 6.87. The van der Waals surface area contributed by atoms with Crippen molar-refractivity contribution in [1.29, 1.82) is 5.26 Å². The van der Waals surface area contributed by atoms with Crippen LogP contribution in [-0.2, 0) is 0 Å². The van der Waals surface area contributed by atoms with Crippen LogP contribution in [0.3, 0.4) is 0 Å². The van der Waals surface area contributed by atoms with E-state index >= 15 is 0 Å². The number of carbonyl (C=O) groups is 1. The Morgan fingerprint density at radius 2 is 2.31 bits per heavy atom. The number of nitriles is 1. The van der Waals surface area contributed by atoms with Gasteiger partial charge in [0.15, 0.2) is 17.9 Å². The molecule has 0 amide bonds. The van der Waals surface area contributed by atoms with E-state index in [9.17, 15) is 9.18 Å². The third kappa shape index (κ3) is 1.49. The number of hydrogen-bond donors (Lipinski definition) is 0. The average molecular weight is 179 g/mol. The summed E-state index contributed by atoms with van der Waals surface area (Å²) in [4.78, 5) is 10.4. The minimum atomic E-state index is -0.648. The van der Waals surface area contributed by atoms with Crippen LogP contribution in [0.5, 0.6) is 5.75 Å². The van der Waals surface area contributed by atoms with Crippen molar-refractivity contribution in [3.63, 3.8) is 0 Å². The molecule has 0 aliphatic rings. The quantitative estimate of drug-likeness (QED) is 0.646. The third-order valence-corrected chi connectivity index (χ3v) is 1.58. The molecule has 0 saturated heterocycles. The molecule has 13 heavy (non-hydrogen) atoms. The maximum Gasteiger partial charge on any atom is 0.172 e. The molecule has 66 valence electrons. The lowest BCUT2D eigenvalue weighted by molar-refractivity contribution is 0.112. The summed E-state index contributed by atoms with van der Waals surface area (Å²) in [6, 6.07) is 4.04. The van der Waals surface area contributed by atoms with E-state index in [1.807, 2.05) is 0 Å². The van der Waals surface area contributed by atoms with Crippen LogP contribution >= 0.6 is 0 Å².